The summed E-state index contributed by atoms with van der Waals surface area (Å²) in [5, 5.41) is 0. The van der Waals surface area contributed by atoms with Crippen LogP contribution in [-0.4, -0.2) is 5.54 Å². The first-order chi connectivity index (χ1) is 6.72. The fourth-order valence-electron chi connectivity index (χ4n) is 3.33. The predicted molar refractivity (Wildman–Crippen MR) is 61.1 cm³/mol. The third-order valence-corrected chi connectivity index (χ3v) is 4.48. The average molecular weight is 195 g/mol. The quantitative estimate of drug-likeness (QED) is 0.733. The summed E-state index contributed by atoms with van der Waals surface area (Å²) >= 11 is 0. The second-order valence-electron chi connectivity index (χ2n) is 5.73. The molecule has 0 heterocycles. The zero-order valence-electron chi connectivity index (χ0n) is 9.60. The highest BCUT2D eigenvalue weighted by molar-refractivity contribution is 4.93. The summed E-state index contributed by atoms with van der Waals surface area (Å²) in [7, 11) is 0. The third-order valence-electron chi connectivity index (χ3n) is 4.48. The van der Waals surface area contributed by atoms with E-state index in [-0.39, 0.29) is 5.54 Å². The molecule has 2 saturated carbocycles. The van der Waals surface area contributed by atoms with Crippen LogP contribution in [0.2, 0.25) is 0 Å². The highest BCUT2D eigenvalue weighted by atomic mass is 14.8. The van der Waals surface area contributed by atoms with Gasteiger partial charge >= 0.3 is 0 Å². The monoisotopic (exact) mass is 195 g/mol. The van der Waals surface area contributed by atoms with Gasteiger partial charge in [-0.25, -0.2) is 0 Å². The van der Waals surface area contributed by atoms with Crippen LogP contribution in [0.25, 0.3) is 0 Å². The van der Waals surface area contributed by atoms with Gasteiger partial charge in [-0.05, 0) is 31.1 Å². The lowest BCUT2D eigenvalue weighted by Crippen LogP contribution is -2.46. The minimum atomic E-state index is 0.226. The topological polar surface area (TPSA) is 26.0 Å². The molecule has 0 aromatic carbocycles. The molecular weight excluding hydrogens is 170 g/mol. The van der Waals surface area contributed by atoms with Crippen molar-refractivity contribution in [2.75, 3.05) is 0 Å². The van der Waals surface area contributed by atoms with Crippen molar-refractivity contribution in [3.05, 3.63) is 0 Å². The van der Waals surface area contributed by atoms with E-state index in [0.717, 1.165) is 11.8 Å². The number of rotatable bonds is 3. The van der Waals surface area contributed by atoms with E-state index in [9.17, 15) is 0 Å². The van der Waals surface area contributed by atoms with Gasteiger partial charge in [-0.15, -0.1) is 0 Å². The summed E-state index contributed by atoms with van der Waals surface area (Å²) in [4.78, 5) is 0. The number of nitrogens with two attached hydrogens (primary N) is 1. The SMILES string of the molecule is CCC1CCCC(N)(CC2CCC2)C1. The van der Waals surface area contributed by atoms with Gasteiger partial charge in [0.05, 0.1) is 0 Å². The van der Waals surface area contributed by atoms with Gasteiger partial charge in [0.2, 0.25) is 0 Å². The van der Waals surface area contributed by atoms with Gasteiger partial charge in [-0.1, -0.05) is 45.4 Å². The fraction of sp³-hybridized carbons (Fsp3) is 1.00. The van der Waals surface area contributed by atoms with Gasteiger partial charge in [0.1, 0.15) is 0 Å². The van der Waals surface area contributed by atoms with Crippen LogP contribution in [0.3, 0.4) is 0 Å². The Morgan fingerprint density at radius 3 is 2.43 bits per heavy atom. The van der Waals surface area contributed by atoms with E-state index in [1.54, 1.807) is 0 Å². The Morgan fingerprint density at radius 1 is 1.14 bits per heavy atom. The minimum Gasteiger partial charge on any atom is -0.325 e. The first-order valence-electron chi connectivity index (χ1n) is 6.51. The van der Waals surface area contributed by atoms with Crippen molar-refractivity contribution in [1.29, 1.82) is 0 Å². The van der Waals surface area contributed by atoms with Crippen molar-refractivity contribution in [3.8, 4) is 0 Å². The zero-order chi connectivity index (χ0) is 10.0. The number of hydrogen-bond acceptors (Lipinski definition) is 1. The molecule has 2 atom stereocenters. The maximum atomic E-state index is 6.54. The van der Waals surface area contributed by atoms with Crippen LogP contribution in [0.4, 0.5) is 0 Å². The van der Waals surface area contributed by atoms with Crippen molar-refractivity contribution >= 4 is 0 Å². The molecule has 2 aliphatic rings. The lowest BCUT2D eigenvalue weighted by Gasteiger charge is -2.42. The van der Waals surface area contributed by atoms with E-state index in [2.05, 4.69) is 6.92 Å². The molecule has 0 aliphatic heterocycles. The molecule has 0 saturated heterocycles. The Balaban J connectivity index is 1.85. The Kier molecular flexibility index (Phi) is 3.16. The van der Waals surface area contributed by atoms with E-state index < -0.39 is 0 Å². The molecule has 2 aliphatic carbocycles. The number of hydrogen-bond donors (Lipinski definition) is 1. The molecule has 0 bridgehead atoms. The van der Waals surface area contributed by atoms with Crippen molar-refractivity contribution in [2.24, 2.45) is 17.6 Å². The molecule has 2 fully saturated rings. The van der Waals surface area contributed by atoms with Gasteiger partial charge < -0.3 is 5.73 Å². The van der Waals surface area contributed by atoms with Crippen molar-refractivity contribution in [3.63, 3.8) is 0 Å². The molecule has 1 heteroatoms. The first-order valence-corrected chi connectivity index (χ1v) is 6.51. The average Bonchev–Trinajstić information content (AvgIpc) is 2.12. The molecule has 0 spiro atoms. The van der Waals surface area contributed by atoms with E-state index in [0.29, 0.717) is 0 Å². The standard InChI is InChI=1S/C13H25N/c1-2-11-7-4-8-13(14,9-11)10-12-5-3-6-12/h11-12H,2-10,14H2,1H3. The van der Waals surface area contributed by atoms with Gasteiger partial charge in [0.25, 0.3) is 0 Å². The summed E-state index contributed by atoms with van der Waals surface area (Å²) < 4.78 is 0. The van der Waals surface area contributed by atoms with Crippen LogP contribution in [0.1, 0.15) is 64.7 Å². The van der Waals surface area contributed by atoms with E-state index in [1.165, 1.54) is 57.8 Å². The van der Waals surface area contributed by atoms with E-state index in [1.807, 2.05) is 0 Å². The molecule has 82 valence electrons. The second kappa shape index (κ2) is 4.22. The molecular formula is C13H25N. The summed E-state index contributed by atoms with van der Waals surface area (Å²) in [5.74, 6) is 1.91. The molecule has 1 nitrogen and oxygen atoms in total. The molecule has 2 N–H and O–H groups in total. The van der Waals surface area contributed by atoms with E-state index >= 15 is 0 Å². The molecule has 0 aromatic heterocycles. The Bertz CT molecular complexity index is 182. The zero-order valence-corrected chi connectivity index (χ0v) is 9.60. The van der Waals surface area contributed by atoms with Crippen molar-refractivity contribution in [2.45, 2.75) is 70.3 Å². The summed E-state index contributed by atoms with van der Waals surface area (Å²) in [6.45, 7) is 2.32. The predicted octanol–water partition coefficient (Wildman–Crippen LogP) is 3.47. The molecule has 0 radical (unpaired) electrons. The minimum absolute atomic E-state index is 0.226. The maximum Gasteiger partial charge on any atom is 0.0159 e. The highest BCUT2D eigenvalue weighted by Crippen LogP contribution is 2.41. The second-order valence-corrected chi connectivity index (χ2v) is 5.73. The summed E-state index contributed by atoms with van der Waals surface area (Å²) in [6, 6.07) is 0. The smallest absolute Gasteiger partial charge is 0.0159 e. The highest BCUT2D eigenvalue weighted by Gasteiger charge is 2.35. The molecule has 2 unspecified atom stereocenters. The van der Waals surface area contributed by atoms with Crippen LogP contribution in [0, 0.1) is 11.8 Å². The lowest BCUT2D eigenvalue weighted by molar-refractivity contribution is 0.151. The lowest BCUT2D eigenvalue weighted by atomic mass is 9.68. The molecule has 2 rings (SSSR count). The van der Waals surface area contributed by atoms with Crippen molar-refractivity contribution < 1.29 is 0 Å². The van der Waals surface area contributed by atoms with Crippen LogP contribution in [0.15, 0.2) is 0 Å². The van der Waals surface area contributed by atoms with Gasteiger partial charge in [-0.2, -0.15) is 0 Å². The normalized spacial score (nSPS) is 39.4. The Hall–Kier alpha value is -0.0400. The van der Waals surface area contributed by atoms with Crippen LogP contribution < -0.4 is 5.73 Å². The van der Waals surface area contributed by atoms with Crippen LogP contribution in [-0.2, 0) is 0 Å². The molecule has 14 heavy (non-hydrogen) atoms. The van der Waals surface area contributed by atoms with Gasteiger partial charge in [0, 0.05) is 5.54 Å². The largest absolute Gasteiger partial charge is 0.325 e. The third kappa shape index (κ3) is 2.31. The first kappa shape index (κ1) is 10.5. The van der Waals surface area contributed by atoms with Gasteiger partial charge in [-0.3, -0.25) is 0 Å². The van der Waals surface area contributed by atoms with E-state index in [4.69, 9.17) is 5.73 Å². The fourth-order valence-corrected chi connectivity index (χ4v) is 3.33. The molecule has 0 amide bonds. The Morgan fingerprint density at radius 2 is 1.86 bits per heavy atom. The Labute approximate surface area is 88.4 Å². The van der Waals surface area contributed by atoms with Crippen LogP contribution in [0.5, 0.6) is 0 Å². The van der Waals surface area contributed by atoms with Gasteiger partial charge in [0.15, 0.2) is 0 Å². The van der Waals surface area contributed by atoms with Crippen LogP contribution >= 0.6 is 0 Å². The summed E-state index contributed by atoms with van der Waals surface area (Å²) in [5.41, 5.74) is 6.76. The summed E-state index contributed by atoms with van der Waals surface area (Å²) in [6.07, 6.45) is 12.4. The van der Waals surface area contributed by atoms with Crippen molar-refractivity contribution in [1.82, 2.24) is 0 Å². The molecule has 0 aromatic rings. The maximum absolute atomic E-state index is 6.54.